The first-order chi connectivity index (χ1) is 7.35. The zero-order valence-electron chi connectivity index (χ0n) is 8.92. The molecule has 0 radical (unpaired) electrons. The van der Waals surface area contributed by atoms with Crippen LogP contribution in [-0.4, -0.2) is 6.54 Å². The van der Waals surface area contributed by atoms with E-state index in [1.807, 2.05) is 18.2 Å². The van der Waals surface area contributed by atoms with Crippen LogP contribution >= 0.6 is 0 Å². The maximum Gasteiger partial charge on any atom is 0.134 e. The first-order valence-corrected chi connectivity index (χ1v) is 5.26. The van der Waals surface area contributed by atoms with Crippen LogP contribution in [0.4, 0.5) is 0 Å². The van der Waals surface area contributed by atoms with Gasteiger partial charge in [0.05, 0.1) is 6.54 Å². The van der Waals surface area contributed by atoms with Crippen molar-refractivity contribution in [2.75, 3.05) is 6.54 Å². The number of hydrogen-bond donors (Lipinski definition) is 2. The minimum atomic E-state index is 0.553. The normalized spacial score (nSPS) is 11.1. The SMILES string of the molecule is CCNCc1cc2c(CN)cccc2o1. The molecule has 1 aromatic carbocycles. The molecule has 0 saturated heterocycles. The topological polar surface area (TPSA) is 51.2 Å². The van der Waals surface area contributed by atoms with E-state index in [0.717, 1.165) is 35.4 Å². The summed E-state index contributed by atoms with van der Waals surface area (Å²) >= 11 is 0. The Balaban J connectivity index is 2.37. The van der Waals surface area contributed by atoms with Crippen LogP contribution in [0.25, 0.3) is 11.0 Å². The molecule has 3 N–H and O–H groups in total. The van der Waals surface area contributed by atoms with Gasteiger partial charge in [0.25, 0.3) is 0 Å². The summed E-state index contributed by atoms with van der Waals surface area (Å²) in [7, 11) is 0. The van der Waals surface area contributed by atoms with Gasteiger partial charge in [-0.3, -0.25) is 0 Å². The van der Waals surface area contributed by atoms with E-state index in [0.29, 0.717) is 6.54 Å². The van der Waals surface area contributed by atoms with E-state index in [-0.39, 0.29) is 0 Å². The fraction of sp³-hybridized carbons (Fsp3) is 0.333. The van der Waals surface area contributed by atoms with Crippen molar-refractivity contribution in [2.45, 2.75) is 20.0 Å². The molecular weight excluding hydrogens is 188 g/mol. The van der Waals surface area contributed by atoms with Crippen molar-refractivity contribution in [1.82, 2.24) is 5.32 Å². The molecule has 0 spiro atoms. The van der Waals surface area contributed by atoms with Crippen molar-refractivity contribution >= 4 is 11.0 Å². The van der Waals surface area contributed by atoms with E-state index >= 15 is 0 Å². The Morgan fingerprint density at radius 1 is 1.40 bits per heavy atom. The van der Waals surface area contributed by atoms with Gasteiger partial charge in [0.1, 0.15) is 11.3 Å². The number of furan rings is 1. The van der Waals surface area contributed by atoms with E-state index in [1.54, 1.807) is 0 Å². The molecule has 0 amide bonds. The molecule has 80 valence electrons. The summed E-state index contributed by atoms with van der Waals surface area (Å²) in [6.07, 6.45) is 0. The van der Waals surface area contributed by atoms with Gasteiger partial charge in [-0.2, -0.15) is 0 Å². The predicted molar refractivity (Wildman–Crippen MR) is 61.5 cm³/mol. The highest BCUT2D eigenvalue weighted by Crippen LogP contribution is 2.22. The summed E-state index contributed by atoms with van der Waals surface area (Å²) in [5.74, 6) is 0.966. The monoisotopic (exact) mass is 204 g/mol. The summed E-state index contributed by atoms with van der Waals surface area (Å²) < 4.78 is 5.69. The Labute approximate surface area is 89.3 Å². The van der Waals surface area contributed by atoms with Crippen LogP contribution in [0.5, 0.6) is 0 Å². The second-order valence-corrected chi connectivity index (χ2v) is 3.53. The Morgan fingerprint density at radius 2 is 2.27 bits per heavy atom. The van der Waals surface area contributed by atoms with Crippen molar-refractivity contribution in [3.8, 4) is 0 Å². The second kappa shape index (κ2) is 4.47. The second-order valence-electron chi connectivity index (χ2n) is 3.53. The van der Waals surface area contributed by atoms with Crippen LogP contribution in [-0.2, 0) is 13.1 Å². The summed E-state index contributed by atoms with van der Waals surface area (Å²) in [6.45, 7) is 4.35. The Kier molecular flexibility index (Phi) is 3.04. The third kappa shape index (κ3) is 2.03. The number of nitrogens with two attached hydrogens (primary N) is 1. The highest BCUT2D eigenvalue weighted by Gasteiger charge is 2.05. The van der Waals surface area contributed by atoms with Crippen LogP contribution in [0.15, 0.2) is 28.7 Å². The van der Waals surface area contributed by atoms with E-state index in [9.17, 15) is 0 Å². The average molecular weight is 204 g/mol. The highest BCUT2D eigenvalue weighted by molar-refractivity contribution is 5.81. The Bertz CT molecular complexity index is 448. The van der Waals surface area contributed by atoms with E-state index < -0.39 is 0 Å². The van der Waals surface area contributed by atoms with E-state index in [1.165, 1.54) is 0 Å². The Morgan fingerprint density at radius 3 is 3.00 bits per heavy atom. The van der Waals surface area contributed by atoms with Crippen LogP contribution in [0.1, 0.15) is 18.2 Å². The molecule has 3 nitrogen and oxygen atoms in total. The molecule has 2 rings (SSSR count). The lowest BCUT2D eigenvalue weighted by atomic mass is 10.1. The van der Waals surface area contributed by atoms with Gasteiger partial charge in [0, 0.05) is 11.9 Å². The Hall–Kier alpha value is -1.32. The minimum Gasteiger partial charge on any atom is -0.460 e. The third-order valence-electron chi connectivity index (χ3n) is 2.47. The summed E-state index contributed by atoms with van der Waals surface area (Å²) in [6, 6.07) is 8.06. The standard InChI is InChI=1S/C12H16N2O/c1-2-14-8-10-6-11-9(7-13)4-3-5-12(11)15-10/h3-6,14H,2,7-8,13H2,1H3. The summed E-state index contributed by atoms with van der Waals surface area (Å²) in [5, 5.41) is 4.37. The lowest BCUT2D eigenvalue weighted by molar-refractivity contribution is 0.520. The van der Waals surface area contributed by atoms with Crippen molar-refractivity contribution < 1.29 is 4.42 Å². The molecule has 15 heavy (non-hydrogen) atoms. The van der Waals surface area contributed by atoms with Crippen molar-refractivity contribution in [3.05, 3.63) is 35.6 Å². The lowest BCUT2D eigenvalue weighted by Gasteiger charge is -1.95. The smallest absolute Gasteiger partial charge is 0.134 e. The molecule has 0 aliphatic carbocycles. The molecule has 3 heteroatoms. The zero-order chi connectivity index (χ0) is 10.7. The lowest BCUT2D eigenvalue weighted by Crippen LogP contribution is -2.10. The maximum absolute atomic E-state index is 5.69. The molecule has 0 atom stereocenters. The molecule has 0 aliphatic rings. The van der Waals surface area contributed by atoms with Gasteiger partial charge in [0.15, 0.2) is 0 Å². The highest BCUT2D eigenvalue weighted by atomic mass is 16.3. The minimum absolute atomic E-state index is 0.553. The third-order valence-corrected chi connectivity index (χ3v) is 2.47. The van der Waals surface area contributed by atoms with Gasteiger partial charge in [-0.15, -0.1) is 0 Å². The van der Waals surface area contributed by atoms with Crippen molar-refractivity contribution in [2.24, 2.45) is 5.73 Å². The molecule has 0 fully saturated rings. The predicted octanol–water partition coefficient (Wildman–Crippen LogP) is 2.00. The van der Waals surface area contributed by atoms with Crippen molar-refractivity contribution in [3.63, 3.8) is 0 Å². The van der Waals surface area contributed by atoms with Crippen LogP contribution in [0.3, 0.4) is 0 Å². The first kappa shape index (κ1) is 10.2. The molecule has 0 aliphatic heterocycles. The zero-order valence-corrected chi connectivity index (χ0v) is 8.92. The molecule has 0 bridgehead atoms. The number of nitrogens with one attached hydrogen (secondary N) is 1. The molecular formula is C12H16N2O. The van der Waals surface area contributed by atoms with Gasteiger partial charge < -0.3 is 15.5 Å². The van der Waals surface area contributed by atoms with Gasteiger partial charge in [0.2, 0.25) is 0 Å². The maximum atomic E-state index is 5.69. The van der Waals surface area contributed by atoms with Gasteiger partial charge in [-0.1, -0.05) is 19.1 Å². The largest absolute Gasteiger partial charge is 0.460 e. The molecule has 2 aromatic rings. The number of benzene rings is 1. The summed E-state index contributed by atoms with van der Waals surface area (Å²) in [4.78, 5) is 0. The van der Waals surface area contributed by atoms with Gasteiger partial charge in [-0.25, -0.2) is 0 Å². The fourth-order valence-electron chi connectivity index (χ4n) is 1.69. The molecule has 0 unspecified atom stereocenters. The number of hydrogen-bond acceptors (Lipinski definition) is 3. The van der Waals surface area contributed by atoms with E-state index in [4.69, 9.17) is 10.2 Å². The number of fused-ring (bicyclic) bond motifs is 1. The number of rotatable bonds is 4. The quantitative estimate of drug-likeness (QED) is 0.801. The van der Waals surface area contributed by atoms with Crippen LogP contribution in [0.2, 0.25) is 0 Å². The first-order valence-electron chi connectivity index (χ1n) is 5.26. The van der Waals surface area contributed by atoms with Crippen molar-refractivity contribution in [1.29, 1.82) is 0 Å². The molecule has 1 aromatic heterocycles. The molecule has 0 saturated carbocycles. The van der Waals surface area contributed by atoms with Gasteiger partial charge in [-0.05, 0) is 24.2 Å². The fourth-order valence-corrected chi connectivity index (χ4v) is 1.69. The molecule has 1 heterocycles. The van der Waals surface area contributed by atoms with Gasteiger partial charge >= 0.3 is 0 Å². The van der Waals surface area contributed by atoms with Crippen LogP contribution < -0.4 is 11.1 Å². The summed E-state index contributed by atoms with van der Waals surface area (Å²) in [5.41, 5.74) is 7.73. The average Bonchev–Trinajstić information content (AvgIpc) is 2.68. The van der Waals surface area contributed by atoms with E-state index in [2.05, 4.69) is 18.3 Å². The van der Waals surface area contributed by atoms with Crippen LogP contribution in [0, 0.1) is 0 Å².